The molecule has 0 heterocycles. The second-order valence-electron chi connectivity index (χ2n) is 8.17. The minimum Gasteiger partial charge on any atom is -0.497 e. The molecular weight excluding hydrogens is 431 g/mol. The van der Waals surface area contributed by atoms with Crippen LogP contribution in [0.3, 0.4) is 0 Å². The van der Waals surface area contributed by atoms with Gasteiger partial charge in [0.1, 0.15) is 17.6 Å². The molecule has 178 valence electrons. The van der Waals surface area contributed by atoms with Crippen LogP contribution in [-0.4, -0.2) is 36.4 Å². The average molecular weight is 463 g/mol. The van der Waals surface area contributed by atoms with Gasteiger partial charge in [-0.1, -0.05) is 61.5 Å². The lowest BCUT2D eigenvalue weighted by molar-refractivity contribution is -0.140. The number of nitrogens with one attached hydrogen (secondary N) is 1. The quantitative estimate of drug-likeness (QED) is 0.455. The third-order valence-electron chi connectivity index (χ3n) is 5.60. The maximum Gasteiger partial charge on any atom is 0.243 e. The van der Waals surface area contributed by atoms with Gasteiger partial charge in [0.15, 0.2) is 0 Å². The number of halogens is 1. The van der Waals surface area contributed by atoms with Gasteiger partial charge in [0, 0.05) is 19.5 Å². The van der Waals surface area contributed by atoms with E-state index in [0.29, 0.717) is 18.7 Å². The predicted molar refractivity (Wildman–Crippen MR) is 131 cm³/mol. The Morgan fingerprint density at radius 2 is 1.56 bits per heavy atom. The van der Waals surface area contributed by atoms with Crippen molar-refractivity contribution in [1.29, 1.82) is 0 Å². The van der Waals surface area contributed by atoms with E-state index in [9.17, 15) is 14.0 Å². The van der Waals surface area contributed by atoms with Crippen LogP contribution >= 0.6 is 0 Å². The van der Waals surface area contributed by atoms with Crippen LogP contribution in [0.4, 0.5) is 4.39 Å². The number of hydrogen-bond acceptors (Lipinski definition) is 3. The molecule has 0 bridgehead atoms. The lowest BCUT2D eigenvalue weighted by atomic mass is 10.0. The number of hydrogen-bond donors (Lipinski definition) is 1. The summed E-state index contributed by atoms with van der Waals surface area (Å²) in [7, 11) is 1.59. The van der Waals surface area contributed by atoms with Crippen LogP contribution in [0.2, 0.25) is 0 Å². The number of ether oxygens (including phenoxy) is 1. The highest BCUT2D eigenvalue weighted by molar-refractivity contribution is 5.88. The number of nitrogens with zero attached hydrogens (tertiary/aromatic N) is 1. The summed E-state index contributed by atoms with van der Waals surface area (Å²) in [6.07, 6.45) is 1.31. The standard InChI is InChI=1S/C28H31FN2O3/c1-3-17-30-28(33)26(18-21-7-5-4-6-8-21)31(20-23-9-13-24(29)14-10-23)27(32)19-22-11-15-25(34-2)16-12-22/h4-16,26H,3,17-20H2,1-2H3,(H,30,33)/t26-/m1/s1. The van der Waals surface area contributed by atoms with Gasteiger partial charge in [0.2, 0.25) is 11.8 Å². The van der Waals surface area contributed by atoms with E-state index in [2.05, 4.69) is 5.32 Å². The van der Waals surface area contributed by atoms with Crippen molar-refractivity contribution in [3.05, 3.63) is 101 Å². The van der Waals surface area contributed by atoms with Gasteiger partial charge in [0.05, 0.1) is 13.5 Å². The molecular formula is C28H31FN2O3. The minimum absolute atomic E-state index is 0.136. The summed E-state index contributed by atoms with van der Waals surface area (Å²) < 4.78 is 18.7. The third-order valence-corrected chi connectivity index (χ3v) is 5.60. The zero-order valence-electron chi connectivity index (χ0n) is 19.7. The Hall–Kier alpha value is -3.67. The van der Waals surface area contributed by atoms with Gasteiger partial charge in [-0.3, -0.25) is 9.59 Å². The topological polar surface area (TPSA) is 58.6 Å². The van der Waals surface area contributed by atoms with Crippen LogP contribution in [0, 0.1) is 5.82 Å². The molecule has 0 saturated carbocycles. The molecule has 2 amide bonds. The number of amides is 2. The van der Waals surface area contributed by atoms with Gasteiger partial charge in [-0.25, -0.2) is 4.39 Å². The third kappa shape index (κ3) is 7.17. The highest BCUT2D eigenvalue weighted by Gasteiger charge is 2.30. The minimum atomic E-state index is -0.704. The van der Waals surface area contributed by atoms with Gasteiger partial charge in [0.25, 0.3) is 0 Å². The first kappa shape index (κ1) is 25.0. The first-order chi connectivity index (χ1) is 16.5. The largest absolute Gasteiger partial charge is 0.497 e. The van der Waals surface area contributed by atoms with E-state index in [1.807, 2.05) is 61.5 Å². The second-order valence-corrected chi connectivity index (χ2v) is 8.17. The lowest BCUT2D eigenvalue weighted by Gasteiger charge is -2.31. The van der Waals surface area contributed by atoms with E-state index in [1.54, 1.807) is 24.1 Å². The number of carbonyl (C=O) groups is 2. The maximum absolute atomic E-state index is 13.6. The van der Waals surface area contributed by atoms with Gasteiger partial charge in [-0.2, -0.15) is 0 Å². The van der Waals surface area contributed by atoms with Crippen molar-refractivity contribution in [2.24, 2.45) is 0 Å². The summed E-state index contributed by atoms with van der Waals surface area (Å²) in [6.45, 7) is 2.71. The predicted octanol–water partition coefficient (Wildman–Crippen LogP) is 4.54. The maximum atomic E-state index is 13.6. The van der Waals surface area contributed by atoms with Crippen molar-refractivity contribution in [3.63, 3.8) is 0 Å². The van der Waals surface area contributed by atoms with E-state index >= 15 is 0 Å². The van der Waals surface area contributed by atoms with E-state index in [1.165, 1.54) is 12.1 Å². The summed E-state index contributed by atoms with van der Waals surface area (Å²) >= 11 is 0. The summed E-state index contributed by atoms with van der Waals surface area (Å²) in [4.78, 5) is 28.4. The zero-order chi connectivity index (χ0) is 24.3. The molecule has 0 spiro atoms. The molecule has 34 heavy (non-hydrogen) atoms. The Bertz CT molecular complexity index is 1050. The van der Waals surface area contributed by atoms with Crippen molar-refractivity contribution >= 4 is 11.8 Å². The van der Waals surface area contributed by atoms with Gasteiger partial charge in [-0.05, 0) is 47.4 Å². The molecule has 0 unspecified atom stereocenters. The molecule has 0 saturated heterocycles. The summed E-state index contributed by atoms with van der Waals surface area (Å²) in [6, 6.07) is 22.3. The van der Waals surface area contributed by atoms with Crippen molar-refractivity contribution in [1.82, 2.24) is 10.2 Å². The van der Waals surface area contributed by atoms with E-state index < -0.39 is 6.04 Å². The van der Waals surface area contributed by atoms with Crippen molar-refractivity contribution in [3.8, 4) is 5.75 Å². The Morgan fingerprint density at radius 1 is 0.912 bits per heavy atom. The molecule has 1 N–H and O–H groups in total. The van der Waals surface area contributed by atoms with Crippen LogP contribution in [0.15, 0.2) is 78.9 Å². The fraction of sp³-hybridized carbons (Fsp3) is 0.286. The molecule has 6 heteroatoms. The molecule has 0 aromatic heterocycles. The average Bonchev–Trinajstić information content (AvgIpc) is 2.86. The summed E-state index contributed by atoms with van der Waals surface area (Å²) in [5, 5.41) is 2.95. The Kier molecular flexibility index (Phi) is 9.21. The molecule has 0 aliphatic heterocycles. The van der Waals surface area contributed by atoms with Crippen molar-refractivity contribution < 1.29 is 18.7 Å². The summed E-state index contributed by atoms with van der Waals surface area (Å²) in [5.74, 6) is -0.0142. The molecule has 0 fully saturated rings. The number of rotatable bonds is 11. The normalized spacial score (nSPS) is 11.5. The highest BCUT2D eigenvalue weighted by atomic mass is 19.1. The smallest absolute Gasteiger partial charge is 0.243 e. The van der Waals surface area contributed by atoms with Crippen LogP contribution in [0.5, 0.6) is 5.75 Å². The van der Waals surface area contributed by atoms with Crippen molar-refractivity contribution in [2.75, 3.05) is 13.7 Å². The van der Waals surface area contributed by atoms with E-state index in [-0.39, 0.29) is 30.6 Å². The van der Waals surface area contributed by atoms with Gasteiger partial charge in [-0.15, -0.1) is 0 Å². The molecule has 0 aliphatic carbocycles. The second kappa shape index (κ2) is 12.5. The molecule has 3 aromatic carbocycles. The zero-order valence-corrected chi connectivity index (χ0v) is 19.7. The number of benzene rings is 3. The first-order valence-corrected chi connectivity index (χ1v) is 11.5. The monoisotopic (exact) mass is 462 g/mol. The Morgan fingerprint density at radius 3 is 2.18 bits per heavy atom. The fourth-order valence-corrected chi connectivity index (χ4v) is 3.73. The molecule has 1 atom stereocenters. The fourth-order valence-electron chi connectivity index (χ4n) is 3.73. The molecule has 3 rings (SSSR count). The molecule has 0 aliphatic rings. The molecule has 0 radical (unpaired) electrons. The highest BCUT2D eigenvalue weighted by Crippen LogP contribution is 2.18. The summed E-state index contributed by atoms with van der Waals surface area (Å²) in [5.41, 5.74) is 2.54. The van der Waals surface area contributed by atoms with E-state index in [4.69, 9.17) is 4.74 Å². The number of carbonyl (C=O) groups excluding carboxylic acids is 2. The first-order valence-electron chi connectivity index (χ1n) is 11.5. The van der Waals surface area contributed by atoms with Crippen LogP contribution in [-0.2, 0) is 29.0 Å². The van der Waals surface area contributed by atoms with E-state index in [0.717, 1.165) is 23.1 Å². The SMILES string of the molecule is CCCNC(=O)[C@@H](Cc1ccccc1)N(Cc1ccc(F)cc1)C(=O)Cc1ccc(OC)cc1. The van der Waals surface area contributed by atoms with Crippen molar-refractivity contribution in [2.45, 2.75) is 38.8 Å². The molecule has 5 nitrogen and oxygen atoms in total. The van der Waals surface area contributed by atoms with Crippen LogP contribution in [0.25, 0.3) is 0 Å². The van der Waals surface area contributed by atoms with Gasteiger partial charge < -0.3 is 15.0 Å². The van der Waals surface area contributed by atoms with Gasteiger partial charge >= 0.3 is 0 Å². The van der Waals surface area contributed by atoms with Crippen LogP contribution < -0.4 is 10.1 Å². The molecule has 3 aromatic rings. The lowest BCUT2D eigenvalue weighted by Crippen LogP contribution is -2.51. The van der Waals surface area contributed by atoms with Crippen LogP contribution in [0.1, 0.15) is 30.0 Å². The Balaban J connectivity index is 1.92. The Labute approximate surface area is 200 Å². The number of methoxy groups -OCH3 is 1.